The van der Waals surface area contributed by atoms with Gasteiger partial charge in [-0.1, -0.05) is 6.07 Å². The summed E-state index contributed by atoms with van der Waals surface area (Å²) in [5.41, 5.74) is 1.16. The molecule has 1 aromatic rings. The van der Waals surface area contributed by atoms with Crippen LogP contribution in [0, 0.1) is 22.7 Å². The van der Waals surface area contributed by atoms with Crippen LogP contribution in [0.1, 0.15) is 31.2 Å². The number of pyridine rings is 1. The molecule has 0 aliphatic heterocycles. The molecule has 0 fully saturated rings. The number of rotatable bonds is 8. The van der Waals surface area contributed by atoms with Gasteiger partial charge in [-0.3, -0.25) is 9.88 Å². The molecule has 18 heavy (non-hydrogen) atoms. The van der Waals surface area contributed by atoms with Crippen LogP contribution in [0.15, 0.2) is 24.5 Å². The molecule has 0 N–H and O–H groups in total. The zero-order valence-corrected chi connectivity index (χ0v) is 10.5. The van der Waals surface area contributed by atoms with Crippen LogP contribution in [-0.4, -0.2) is 23.0 Å². The molecule has 0 aliphatic rings. The third-order valence-corrected chi connectivity index (χ3v) is 2.68. The van der Waals surface area contributed by atoms with Crippen molar-refractivity contribution in [2.75, 3.05) is 13.1 Å². The van der Waals surface area contributed by atoms with Crippen molar-refractivity contribution in [3.63, 3.8) is 0 Å². The number of hydrogen-bond acceptors (Lipinski definition) is 4. The van der Waals surface area contributed by atoms with Gasteiger partial charge >= 0.3 is 0 Å². The summed E-state index contributed by atoms with van der Waals surface area (Å²) in [6, 6.07) is 8.30. The number of hydrogen-bond donors (Lipinski definition) is 0. The molecular weight excluding hydrogens is 224 g/mol. The predicted molar refractivity (Wildman–Crippen MR) is 69.2 cm³/mol. The van der Waals surface area contributed by atoms with E-state index in [0.29, 0.717) is 12.8 Å². The zero-order valence-electron chi connectivity index (χ0n) is 10.5. The van der Waals surface area contributed by atoms with Crippen molar-refractivity contribution < 1.29 is 0 Å². The minimum Gasteiger partial charge on any atom is -0.298 e. The van der Waals surface area contributed by atoms with Gasteiger partial charge in [-0.05, 0) is 31.0 Å². The Kier molecular flexibility index (Phi) is 7.20. The predicted octanol–water partition coefficient (Wildman–Crippen LogP) is 2.49. The molecule has 4 nitrogen and oxygen atoms in total. The summed E-state index contributed by atoms with van der Waals surface area (Å²) in [5, 5.41) is 17.2. The summed E-state index contributed by atoms with van der Waals surface area (Å²) in [6.45, 7) is 2.53. The molecular formula is C14H18N4. The molecule has 0 saturated carbocycles. The van der Waals surface area contributed by atoms with E-state index < -0.39 is 0 Å². The lowest BCUT2D eigenvalue weighted by atomic mass is 10.2. The number of nitriles is 2. The third kappa shape index (κ3) is 5.98. The van der Waals surface area contributed by atoms with E-state index in [4.69, 9.17) is 10.5 Å². The Hall–Kier alpha value is -1.91. The monoisotopic (exact) mass is 242 g/mol. The number of aromatic nitrogens is 1. The smallest absolute Gasteiger partial charge is 0.0635 e. The van der Waals surface area contributed by atoms with E-state index in [1.54, 1.807) is 6.20 Å². The minimum atomic E-state index is 0.540. The second-order valence-electron chi connectivity index (χ2n) is 4.16. The van der Waals surface area contributed by atoms with Gasteiger partial charge in [0.05, 0.1) is 12.1 Å². The van der Waals surface area contributed by atoms with E-state index in [0.717, 1.165) is 38.0 Å². The molecule has 0 saturated heterocycles. The first-order valence-electron chi connectivity index (χ1n) is 6.22. The molecule has 0 atom stereocenters. The highest BCUT2D eigenvalue weighted by Gasteiger charge is 2.05. The van der Waals surface area contributed by atoms with Crippen LogP contribution in [0.5, 0.6) is 0 Å². The van der Waals surface area contributed by atoms with E-state index in [2.05, 4.69) is 22.0 Å². The first kappa shape index (κ1) is 14.2. The molecule has 94 valence electrons. The van der Waals surface area contributed by atoms with Crippen molar-refractivity contribution in [2.24, 2.45) is 0 Å². The maximum absolute atomic E-state index is 8.66. The number of unbranched alkanes of at least 4 members (excludes halogenated alkanes) is 2. The lowest BCUT2D eigenvalue weighted by Gasteiger charge is -2.20. The summed E-state index contributed by atoms with van der Waals surface area (Å²) in [6.07, 6.45) is 6.69. The first-order chi connectivity index (χ1) is 8.86. The fraction of sp³-hybridized carbons (Fsp3) is 0.500. The van der Waals surface area contributed by atoms with Crippen molar-refractivity contribution in [1.29, 1.82) is 10.5 Å². The van der Waals surface area contributed by atoms with Crippen LogP contribution in [0.3, 0.4) is 0 Å². The van der Waals surface area contributed by atoms with Crippen LogP contribution >= 0.6 is 0 Å². The van der Waals surface area contributed by atoms with Crippen molar-refractivity contribution in [3.8, 4) is 12.1 Å². The molecule has 0 unspecified atom stereocenters. The summed E-state index contributed by atoms with van der Waals surface area (Å²) in [7, 11) is 0. The number of nitrogens with zero attached hydrogens (tertiary/aromatic N) is 4. The Morgan fingerprint density at radius 1 is 1.11 bits per heavy atom. The highest BCUT2D eigenvalue weighted by molar-refractivity contribution is 5.08. The summed E-state index contributed by atoms with van der Waals surface area (Å²) in [5.74, 6) is 0. The third-order valence-electron chi connectivity index (χ3n) is 2.68. The second kappa shape index (κ2) is 9.15. The lowest BCUT2D eigenvalue weighted by Crippen LogP contribution is -2.25. The standard InChI is InChI=1S/C14H18N4/c15-7-2-1-3-10-18(11-5-8-16)13-14-6-4-9-17-12-14/h4,6,9,12H,1-3,5,10-11,13H2. The molecule has 1 heterocycles. The normalized spacial score (nSPS) is 9.94. The van der Waals surface area contributed by atoms with Gasteiger partial charge in [0.2, 0.25) is 0 Å². The molecule has 1 rings (SSSR count). The summed E-state index contributed by atoms with van der Waals surface area (Å²) in [4.78, 5) is 6.34. The summed E-state index contributed by atoms with van der Waals surface area (Å²) < 4.78 is 0. The topological polar surface area (TPSA) is 63.7 Å². The zero-order chi connectivity index (χ0) is 13.1. The van der Waals surface area contributed by atoms with Crippen LogP contribution < -0.4 is 0 Å². The largest absolute Gasteiger partial charge is 0.298 e. The Bertz CT molecular complexity index is 402. The Morgan fingerprint density at radius 2 is 1.94 bits per heavy atom. The molecule has 1 aromatic heterocycles. The lowest BCUT2D eigenvalue weighted by molar-refractivity contribution is 0.266. The maximum atomic E-state index is 8.66. The highest BCUT2D eigenvalue weighted by Crippen LogP contribution is 2.06. The maximum Gasteiger partial charge on any atom is 0.0635 e. The Balaban J connectivity index is 2.40. The van der Waals surface area contributed by atoms with Gasteiger partial charge in [0.1, 0.15) is 0 Å². The van der Waals surface area contributed by atoms with Gasteiger partial charge in [0.15, 0.2) is 0 Å². The molecule has 0 aliphatic carbocycles. The van der Waals surface area contributed by atoms with Crippen LogP contribution in [0.2, 0.25) is 0 Å². The van der Waals surface area contributed by atoms with Crippen LogP contribution in [0.4, 0.5) is 0 Å². The fourth-order valence-corrected chi connectivity index (χ4v) is 1.77. The molecule has 4 heteroatoms. The van der Waals surface area contributed by atoms with Gasteiger partial charge in [0, 0.05) is 38.3 Å². The van der Waals surface area contributed by atoms with Crippen LogP contribution in [0.25, 0.3) is 0 Å². The van der Waals surface area contributed by atoms with Gasteiger partial charge < -0.3 is 0 Å². The Morgan fingerprint density at radius 3 is 2.61 bits per heavy atom. The fourth-order valence-electron chi connectivity index (χ4n) is 1.77. The van der Waals surface area contributed by atoms with Crippen molar-refractivity contribution in [3.05, 3.63) is 30.1 Å². The summed E-state index contributed by atoms with van der Waals surface area (Å²) >= 11 is 0. The van der Waals surface area contributed by atoms with E-state index in [9.17, 15) is 0 Å². The van der Waals surface area contributed by atoms with Gasteiger partial charge in [-0.25, -0.2) is 0 Å². The Labute approximate surface area is 108 Å². The van der Waals surface area contributed by atoms with E-state index in [1.165, 1.54) is 0 Å². The van der Waals surface area contributed by atoms with Gasteiger partial charge in [-0.15, -0.1) is 0 Å². The highest BCUT2D eigenvalue weighted by atomic mass is 15.1. The second-order valence-corrected chi connectivity index (χ2v) is 4.16. The molecule has 0 spiro atoms. The average molecular weight is 242 g/mol. The van der Waals surface area contributed by atoms with Crippen molar-refractivity contribution >= 4 is 0 Å². The van der Waals surface area contributed by atoms with Crippen molar-refractivity contribution in [1.82, 2.24) is 9.88 Å². The molecule has 0 amide bonds. The first-order valence-corrected chi connectivity index (χ1v) is 6.22. The van der Waals surface area contributed by atoms with Gasteiger partial charge in [-0.2, -0.15) is 10.5 Å². The quantitative estimate of drug-likeness (QED) is 0.657. The van der Waals surface area contributed by atoms with E-state index >= 15 is 0 Å². The minimum absolute atomic E-state index is 0.540. The van der Waals surface area contributed by atoms with E-state index in [1.807, 2.05) is 18.3 Å². The van der Waals surface area contributed by atoms with E-state index in [-0.39, 0.29) is 0 Å². The van der Waals surface area contributed by atoms with Gasteiger partial charge in [0.25, 0.3) is 0 Å². The van der Waals surface area contributed by atoms with Crippen molar-refractivity contribution in [2.45, 2.75) is 32.2 Å². The average Bonchev–Trinajstić information content (AvgIpc) is 2.41. The molecule has 0 radical (unpaired) electrons. The SMILES string of the molecule is N#CCCCCN(CCC#N)Cc1cccnc1. The van der Waals surface area contributed by atoms with Crippen LogP contribution in [-0.2, 0) is 6.54 Å². The molecule has 0 aromatic carbocycles. The molecule has 0 bridgehead atoms.